The van der Waals surface area contributed by atoms with Gasteiger partial charge in [-0.15, -0.1) is 0 Å². The zero-order chi connectivity index (χ0) is 11.9. The molecule has 0 amide bonds. The Morgan fingerprint density at radius 2 is 1.80 bits per heavy atom. The summed E-state index contributed by atoms with van der Waals surface area (Å²) < 4.78 is 32.8. The summed E-state index contributed by atoms with van der Waals surface area (Å²) in [6.07, 6.45) is 0. The van der Waals surface area contributed by atoms with Crippen LogP contribution in [-0.4, -0.2) is 52.4 Å². The fourth-order valence-electron chi connectivity index (χ4n) is 1.07. The third-order valence-electron chi connectivity index (χ3n) is 1.56. The topological polar surface area (TPSA) is 78.6 Å². The zero-order valence-electron chi connectivity index (χ0n) is 9.65. The van der Waals surface area contributed by atoms with Gasteiger partial charge in [0.05, 0.1) is 31.3 Å². The first-order chi connectivity index (χ1) is 6.77. The highest BCUT2D eigenvalue weighted by Crippen LogP contribution is 2.03. The van der Waals surface area contributed by atoms with E-state index in [1.54, 1.807) is 21.0 Å². The molecule has 0 aromatic heterocycles. The minimum absolute atomic E-state index is 0.0113. The van der Waals surface area contributed by atoms with E-state index in [1.165, 1.54) is 0 Å². The van der Waals surface area contributed by atoms with Crippen LogP contribution in [0, 0.1) is 0 Å². The van der Waals surface area contributed by atoms with Gasteiger partial charge in [-0.25, -0.2) is 8.42 Å². The Kier molecular flexibility index (Phi) is 6.35. The van der Waals surface area contributed by atoms with Crippen molar-refractivity contribution in [1.29, 1.82) is 0 Å². The van der Waals surface area contributed by atoms with Crippen LogP contribution in [0.4, 0.5) is 0 Å². The Bertz CT molecular complexity index is 256. The fraction of sp³-hybridized carbons (Fsp3) is 1.00. The molecule has 15 heavy (non-hydrogen) atoms. The third kappa shape index (κ3) is 10.1. The summed E-state index contributed by atoms with van der Waals surface area (Å²) in [7, 11) is -1.55. The van der Waals surface area contributed by atoms with E-state index in [9.17, 15) is 8.42 Å². The molecule has 0 unspecified atom stereocenters. The molecule has 0 aromatic rings. The molecule has 0 aliphatic carbocycles. The van der Waals surface area contributed by atoms with Crippen molar-refractivity contribution in [2.45, 2.75) is 19.4 Å². The highest BCUT2D eigenvalue weighted by molar-refractivity contribution is 7.91. The van der Waals surface area contributed by atoms with E-state index in [4.69, 9.17) is 15.2 Å². The lowest BCUT2D eigenvalue weighted by atomic mass is 10.1. The second kappa shape index (κ2) is 6.42. The highest BCUT2D eigenvalue weighted by atomic mass is 32.2. The van der Waals surface area contributed by atoms with E-state index >= 15 is 0 Å². The molecule has 0 fully saturated rings. The first kappa shape index (κ1) is 14.8. The summed E-state index contributed by atoms with van der Waals surface area (Å²) in [5.74, 6) is -0.00895. The van der Waals surface area contributed by atoms with E-state index in [2.05, 4.69) is 0 Å². The summed E-state index contributed by atoms with van der Waals surface area (Å²) in [4.78, 5) is 0. The predicted molar refractivity (Wildman–Crippen MR) is 59.6 cm³/mol. The maximum absolute atomic E-state index is 11.5. The lowest BCUT2D eigenvalue weighted by molar-refractivity contribution is 0.0785. The van der Waals surface area contributed by atoms with E-state index in [0.29, 0.717) is 13.2 Å². The van der Waals surface area contributed by atoms with Crippen LogP contribution in [0.3, 0.4) is 0 Å². The van der Waals surface area contributed by atoms with Gasteiger partial charge in [-0.05, 0) is 13.8 Å². The molecule has 0 aliphatic rings. The van der Waals surface area contributed by atoms with Crippen molar-refractivity contribution < 1.29 is 17.9 Å². The minimum atomic E-state index is -3.12. The quantitative estimate of drug-likeness (QED) is 0.594. The number of ether oxygens (including phenoxy) is 2. The van der Waals surface area contributed by atoms with Crippen LogP contribution in [0.5, 0.6) is 0 Å². The van der Waals surface area contributed by atoms with Crippen molar-refractivity contribution in [3.8, 4) is 0 Å². The second-order valence-corrected chi connectivity index (χ2v) is 6.37. The summed E-state index contributed by atoms with van der Waals surface area (Å²) in [5, 5.41) is 0. The van der Waals surface area contributed by atoms with Gasteiger partial charge in [0.25, 0.3) is 0 Å². The molecule has 0 radical (unpaired) electrons. The highest BCUT2D eigenvalue weighted by Gasteiger charge is 2.21. The van der Waals surface area contributed by atoms with Gasteiger partial charge in [0.2, 0.25) is 0 Å². The average Bonchev–Trinajstić information content (AvgIpc) is 1.99. The maximum atomic E-state index is 11.5. The maximum Gasteiger partial charge on any atom is 0.154 e. The standard InChI is InChI=1S/C9H21NO4S/c1-9(2,10)8-15(11,12)7-6-14-5-4-13-3/h4-8,10H2,1-3H3. The first-order valence-electron chi connectivity index (χ1n) is 4.83. The second-order valence-electron chi connectivity index (χ2n) is 4.19. The fourth-order valence-corrected chi connectivity index (χ4v) is 2.72. The SMILES string of the molecule is COCCOCCS(=O)(=O)CC(C)(C)N. The normalized spacial score (nSPS) is 13.1. The number of sulfone groups is 1. The molecule has 0 spiro atoms. The van der Waals surface area contributed by atoms with Gasteiger partial charge >= 0.3 is 0 Å². The molecule has 5 nitrogen and oxygen atoms in total. The third-order valence-corrected chi connectivity index (χ3v) is 3.53. The molecule has 6 heteroatoms. The summed E-state index contributed by atoms with van der Waals surface area (Å²) >= 11 is 0. The Morgan fingerprint density at radius 3 is 2.27 bits per heavy atom. The van der Waals surface area contributed by atoms with Crippen LogP contribution in [0.2, 0.25) is 0 Å². The van der Waals surface area contributed by atoms with E-state index in [1.807, 2.05) is 0 Å². The lowest BCUT2D eigenvalue weighted by Gasteiger charge is -2.18. The zero-order valence-corrected chi connectivity index (χ0v) is 10.5. The minimum Gasteiger partial charge on any atom is -0.382 e. The Hall–Kier alpha value is -0.170. The van der Waals surface area contributed by atoms with Crippen LogP contribution >= 0.6 is 0 Å². The molecule has 0 aliphatic heterocycles. The molecule has 92 valence electrons. The number of methoxy groups -OCH3 is 1. The van der Waals surface area contributed by atoms with E-state index in [-0.39, 0.29) is 18.1 Å². The van der Waals surface area contributed by atoms with Crippen LogP contribution in [-0.2, 0) is 19.3 Å². The average molecular weight is 239 g/mol. The molecule has 0 saturated heterocycles. The van der Waals surface area contributed by atoms with Crippen LogP contribution < -0.4 is 5.73 Å². The van der Waals surface area contributed by atoms with Gasteiger partial charge in [-0.3, -0.25) is 0 Å². The molecule has 0 atom stereocenters. The molecular weight excluding hydrogens is 218 g/mol. The van der Waals surface area contributed by atoms with Gasteiger partial charge < -0.3 is 15.2 Å². The molecule has 2 N–H and O–H groups in total. The van der Waals surface area contributed by atoms with Crippen molar-refractivity contribution in [3.05, 3.63) is 0 Å². The molecule has 0 aromatic carbocycles. The van der Waals surface area contributed by atoms with Crippen molar-refractivity contribution in [2.24, 2.45) is 5.73 Å². The molecule has 0 bridgehead atoms. The van der Waals surface area contributed by atoms with Crippen LogP contribution in [0.25, 0.3) is 0 Å². The van der Waals surface area contributed by atoms with Crippen molar-refractivity contribution in [3.63, 3.8) is 0 Å². The van der Waals surface area contributed by atoms with E-state index < -0.39 is 15.4 Å². The summed E-state index contributed by atoms with van der Waals surface area (Å²) in [5.41, 5.74) is 4.94. The van der Waals surface area contributed by atoms with Gasteiger partial charge in [0.15, 0.2) is 9.84 Å². The Balaban J connectivity index is 3.76. The number of rotatable bonds is 8. The van der Waals surface area contributed by atoms with Gasteiger partial charge in [-0.2, -0.15) is 0 Å². The lowest BCUT2D eigenvalue weighted by Crippen LogP contribution is -2.41. The predicted octanol–water partition coefficient (Wildman–Crippen LogP) is -0.198. The number of nitrogens with two attached hydrogens (primary N) is 1. The van der Waals surface area contributed by atoms with Crippen molar-refractivity contribution >= 4 is 9.84 Å². The molecule has 0 heterocycles. The smallest absolute Gasteiger partial charge is 0.154 e. The van der Waals surface area contributed by atoms with Crippen molar-refractivity contribution in [2.75, 3.05) is 38.4 Å². The van der Waals surface area contributed by atoms with E-state index in [0.717, 1.165) is 0 Å². The van der Waals surface area contributed by atoms with Gasteiger partial charge in [-0.1, -0.05) is 0 Å². The summed E-state index contributed by atoms with van der Waals surface area (Å²) in [6.45, 7) is 4.47. The van der Waals surface area contributed by atoms with Crippen molar-refractivity contribution in [1.82, 2.24) is 0 Å². The molecular formula is C9H21NO4S. The Morgan fingerprint density at radius 1 is 1.20 bits per heavy atom. The monoisotopic (exact) mass is 239 g/mol. The first-order valence-corrected chi connectivity index (χ1v) is 6.65. The number of hydrogen-bond donors (Lipinski definition) is 1. The van der Waals surface area contributed by atoms with Crippen LogP contribution in [0.15, 0.2) is 0 Å². The molecule has 0 rings (SSSR count). The Labute approximate surface area is 91.9 Å². The molecule has 0 saturated carbocycles. The number of hydrogen-bond acceptors (Lipinski definition) is 5. The largest absolute Gasteiger partial charge is 0.382 e. The van der Waals surface area contributed by atoms with Gasteiger partial charge in [0, 0.05) is 12.6 Å². The summed E-state index contributed by atoms with van der Waals surface area (Å²) in [6, 6.07) is 0. The van der Waals surface area contributed by atoms with Crippen LogP contribution in [0.1, 0.15) is 13.8 Å². The van der Waals surface area contributed by atoms with Gasteiger partial charge in [0.1, 0.15) is 0 Å².